The Morgan fingerprint density at radius 1 is 1.42 bits per heavy atom. The van der Waals surface area contributed by atoms with E-state index in [9.17, 15) is 19.7 Å². The Labute approximate surface area is 145 Å². The first kappa shape index (κ1) is 17.7. The van der Waals surface area contributed by atoms with E-state index in [1.54, 1.807) is 19.1 Å². The highest BCUT2D eigenvalue weighted by Crippen LogP contribution is 2.25. The molecule has 0 fully saturated rings. The third-order valence-corrected chi connectivity index (χ3v) is 3.73. The van der Waals surface area contributed by atoms with Crippen LogP contribution >= 0.6 is 15.9 Å². The number of amides is 1. The Balaban J connectivity index is 1.92. The zero-order chi connectivity index (χ0) is 17.7. The third kappa shape index (κ3) is 4.42. The number of nitrogens with zero attached hydrogens (tertiary/aromatic N) is 1. The molecule has 9 heteroatoms. The van der Waals surface area contributed by atoms with E-state index in [1.807, 2.05) is 0 Å². The molecule has 1 heterocycles. The average Bonchev–Trinajstić information content (AvgIpc) is 3.07. The number of esters is 1. The summed E-state index contributed by atoms with van der Waals surface area (Å²) in [7, 11) is 0. The molecule has 1 aromatic heterocycles. The van der Waals surface area contributed by atoms with E-state index < -0.39 is 23.4 Å². The predicted molar refractivity (Wildman–Crippen MR) is 86.3 cm³/mol. The van der Waals surface area contributed by atoms with Crippen molar-refractivity contribution < 1.29 is 23.7 Å². The number of rotatable bonds is 6. The summed E-state index contributed by atoms with van der Waals surface area (Å²) in [6.07, 6.45) is 1.48. The maximum atomic E-state index is 11.9. The van der Waals surface area contributed by atoms with Gasteiger partial charge in [-0.2, -0.15) is 0 Å². The zero-order valence-corrected chi connectivity index (χ0v) is 14.1. The summed E-state index contributed by atoms with van der Waals surface area (Å²) in [5, 5.41) is 13.4. The highest BCUT2D eigenvalue weighted by molar-refractivity contribution is 9.10. The maximum absolute atomic E-state index is 11.9. The maximum Gasteiger partial charge on any atom is 0.338 e. The minimum absolute atomic E-state index is 0.0169. The van der Waals surface area contributed by atoms with Crippen molar-refractivity contribution in [3.05, 3.63) is 62.5 Å². The number of halogens is 1. The molecule has 126 valence electrons. The molecule has 1 atom stereocenters. The molecule has 8 nitrogen and oxygen atoms in total. The van der Waals surface area contributed by atoms with Crippen LogP contribution in [0.25, 0.3) is 0 Å². The van der Waals surface area contributed by atoms with Gasteiger partial charge in [-0.15, -0.1) is 0 Å². The quantitative estimate of drug-likeness (QED) is 0.456. The number of hydrogen-bond acceptors (Lipinski definition) is 6. The van der Waals surface area contributed by atoms with Gasteiger partial charge >= 0.3 is 5.97 Å². The molecule has 1 aromatic carbocycles. The minimum Gasteiger partial charge on any atom is -0.467 e. The summed E-state index contributed by atoms with van der Waals surface area (Å²) in [5.74, 6) is -0.775. The minimum atomic E-state index is -0.827. The second-order valence-electron chi connectivity index (χ2n) is 4.80. The van der Waals surface area contributed by atoms with E-state index in [1.165, 1.54) is 18.4 Å². The fraction of sp³-hybridized carbons (Fsp3) is 0.200. The van der Waals surface area contributed by atoms with E-state index in [0.29, 0.717) is 5.76 Å². The Kier molecular flexibility index (Phi) is 5.69. The first-order chi connectivity index (χ1) is 11.4. The van der Waals surface area contributed by atoms with Gasteiger partial charge in [-0.1, -0.05) is 0 Å². The summed E-state index contributed by atoms with van der Waals surface area (Å²) in [5.41, 5.74) is -0.280. The van der Waals surface area contributed by atoms with Crippen molar-refractivity contribution in [2.45, 2.75) is 13.0 Å². The number of nitro groups is 1. The molecule has 0 aliphatic carbocycles. The van der Waals surface area contributed by atoms with Gasteiger partial charge in [-0.3, -0.25) is 14.9 Å². The first-order valence-corrected chi connectivity index (χ1v) is 7.61. The van der Waals surface area contributed by atoms with Gasteiger partial charge < -0.3 is 14.5 Å². The normalized spacial score (nSPS) is 11.6. The van der Waals surface area contributed by atoms with Crippen LogP contribution in [-0.2, 0) is 9.53 Å². The first-order valence-electron chi connectivity index (χ1n) is 6.82. The summed E-state index contributed by atoms with van der Waals surface area (Å²) >= 11 is 3.02. The van der Waals surface area contributed by atoms with Gasteiger partial charge in [0.05, 0.1) is 27.3 Å². The Morgan fingerprint density at radius 3 is 2.79 bits per heavy atom. The molecule has 1 amide bonds. The van der Waals surface area contributed by atoms with Gasteiger partial charge in [0.25, 0.3) is 11.6 Å². The summed E-state index contributed by atoms with van der Waals surface area (Å²) < 4.78 is 10.3. The average molecular weight is 397 g/mol. The molecule has 2 rings (SSSR count). The lowest BCUT2D eigenvalue weighted by Gasteiger charge is -2.11. The van der Waals surface area contributed by atoms with Crippen molar-refractivity contribution in [2.75, 3.05) is 6.61 Å². The van der Waals surface area contributed by atoms with Crippen LogP contribution in [0.3, 0.4) is 0 Å². The molecule has 0 saturated heterocycles. The molecule has 2 aromatic rings. The van der Waals surface area contributed by atoms with Crippen molar-refractivity contribution in [3.63, 3.8) is 0 Å². The second-order valence-corrected chi connectivity index (χ2v) is 5.66. The molecule has 0 unspecified atom stereocenters. The van der Waals surface area contributed by atoms with Crippen LogP contribution in [-0.4, -0.2) is 23.4 Å². The van der Waals surface area contributed by atoms with E-state index >= 15 is 0 Å². The van der Waals surface area contributed by atoms with Crippen LogP contribution in [0.15, 0.2) is 45.5 Å². The number of nitro benzene ring substituents is 1. The second kappa shape index (κ2) is 7.73. The predicted octanol–water partition coefficient (Wildman–Crippen LogP) is 2.98. The van der Waals surface area contributed by atoms with Gasteiger partial charge in [0, 0.05) is 6.07 Å². The molecule has 1 N–H and O–H groups in total. The zero-order valence-electron chi connectivity index (χ0n) is 12.5. The number of ether oxygens (including phenoxy) is 1. The number of hydrogen-bond donors (Lipinski definition) is 1. The van der Waals surface area contributed by atoms with Crippen LogP contribution in [0.2, 0.25) is 0 Å². The molecule has 0 aliphatic heterocycles. The standard InChI is InChI=1S/C15H13BrN2O6/c1-9(13-3-2-6-23-13)17-14(19)8-24-15(20)10-4-5-11(16)12(7-10)18(21)22/h2-7,9H,8H2,1H3,(H,17,19)/t9-/m1/s1. The van der Waals surface area contributed by atoms with Gasteiger partial charge in [-0.25, -0.2) is 4.79 Å². The van der Waals surface area contributed by atoms with E-state index in [-0.39, 0.29) is 21.8 Å². The van der Waals surface area contributed by atoms with E-state index in [2.05, 4.69) is 21.2 Å². The van der Waals surface area contributed by atoms with Crippen LogP contribution < -0.4 is 5.32 Å². The Bertz CT molecular complexity index is 759. The summed E-state index contributed by atoms with van der Waals surface area (Å²) in [4.78, 5) is 33.9. The number of carbonyl (C=O) groups is 2. The van der Waals surface area contributed by atoms with Crippen molar-refractivity contribution in [3.8, 4) is 0 Å². The number of furan rings is 1. The lowest BCUT2D eigenvalue weighted by atomic mass is 10.2. The van der Waals surface area contributed by atoms with E-state index in [0.717, 1.165) is 6.07 Å². The van der Waals surface area contributed by atoms with Gasteiger partial charge in [0.1, 0.15) is 5.76 Å². The van der Waals surface area contributed by atoms with Crippen LogP contribution in [0.1, 0.15) is 29.1 Å². The fourth-order valence-corrected chi connectivity index (χ4v) is 2.28. The highest BCUT2D eigenvalue weighted by Gasteiger charge is 2.18. The van der Waals surface area contributed by atoms with Crippen molar-refractivity contribution in [2.24, 2.45) is 0 Å². The van der Waals surface area contributed by atoms with E-state index in [4.69, 9.17) is 9.15 Å². The van der Waals surface area contributed by atoms with Crippen molar-refractivity contribution in [1.82, 2.24) is 5.32 Å². The SMILES string of the molecule is C[C@@H](NC(=O)COC(=O)c1ccc(Br)c([N+](=O)[O-])c1)c1ccco1. The lowest BCUT2D eigenvalue weighted by Crippen LogP contribution is -2.31. The smallest absolute Gasteiger partial charge is 0.338 e. The molecule has 0 radical (unpaired) electrons. The summed E-state index contributed by atoms with van der Waals surface area (Å²) in [6.45, 7) is 1.21. The largest absolute Gasteiger partial charge is 0.467 e. The molecule has 24 heavy (non-hydrogen) atoms. The number of nitrogens with one attached hydrogen (secondary N) is 1. The monoisotopic (exact) mass is 396 g/mol. The molecule has 0 spiro atoms. The van der Waals surface area contributed by atoms with Crippen LogP contribution in [0, 0.1) is 10.1 Å². The molecule has 0 bridgehead atoms. The van der Waals surface area contributed by atoms with Crippen LogP contribution in [0.4, 0.5) is 5.69 Å². The molecular formula is C15H13BrN2O6. The van der Waals surface area contributed by atoms with Crippen LogP contribution in [0.5, 0.6) is 0 Å². The third-order valence-electron chi connectivity index (χ3n) is 3.06. The fourth-order valence-electron chi connectivity index (χ4n) is 1.89. The topological polar surface area (TPSA) is 112 Å². The molecule has 0 saturated carbocycles. The molecule has 0 aliphatic rings. The number of carbonyl (C=O) groups excluding carboxylic acids is 2. The van der Waals surface area contributed by atoms with Crippen molar-refractivity contribution >= 4 is 33.5 Å². The Hall–Kier alpha value is -2.68. The summed E-state index contributed by atoms with van der Waals surface area (Å²) in [6, 6.07) is 6.84. The highest BCUT2D eigenvalue weighted by atomic mass is 79.9. The number of benzene rings is 1. The van der Waals surface area contributed by atoms with Gasteiger partial charge in [-0.05, 0) is 47.1 Å². The lowest BCUT2D eigenvalue weighted by molar-refractivity contribution is -0.385. The van der Waals surface area contributed by atoms with Gasteiger partial charge in [0.15, 0.2) is 6.61 Å². The molecular weight excluding hydrogens is 384 g/mol. The van der Waals surface area contributed by atoms with Crippen molar-refractivity contribution in [1.29, 1.82) is 0 Å². The Morgan fingerprint density at radius 2 is 2.17 bits per heavy atom. The van der Waals surface area contributed by atoms with Gasteiger partial charge in [0.2, 0.25) is 0 Å².